The lowest BCUT2D eigenvalue weighted by Gasteiger charge is -2.15. The average Bonchev–Trinajstić information content (AvgIpc) is 2.53. The van der Waals surface area contributed by atoms with Gasteiger partial charge >= 0.3 is 6.18 Å². The van der Waals surface area contributed by atoms with E-state index in [4.69, 9.17) is 4.74 Å². The van der Waals surface area contributed by atoms with Crippen LogP contribution in [0.4, 0.5) is 13.2 Å². The normalized spacial score (nSPS) is 12.5. The second-order valence-electron chi connectivity index (χ2n) is 5.01. The summed E-state index contributed by atoms with van der Waals surface area (Å²) in [6, 6.07) is 13.6. The third kappa shape index (κ3) is 5.02. The molecule has 0 radical (unpaired) electrons. The summed E-state index contributed by atoms with van der Waals surface area (Å²) in [6.07, 6.45) is -4.44. The molecular weight excluding hydrogens is 307 g/mol. The predicted octanol–water partition coefficient (Wildman–Crippen LogP) is 3.96. The van der Waals surface area contributed by atoms with Crippen molar-refractivity contribution in [1.82, 2.24) is 5.32 Å². The van der Waals surface area contributed by atoms with Crippen LogP contribution >= 0.6 is 0 Å². The van der Waals surface area contributed by atoms with Crippen LogP contribution in [0.15, 0.2) is 54.6 Å². The first kappa shape index (κ1) is 16.9. The Morgan fingerprint density at radius 3 is 2.48 bits per heavy atom. The predicted molar refractivity (Wildman–Crippen MR) is 79.9 cm³/mol. The molecule has 6 heteroatoms. The van der Waals surface area contributed by atoms with Crippen LogP contribution in [0.3, 0.4) is 0 Å². The third-order valence-electron chi connectivity index (χ3n) is 3.21. The van der Waals surface area contributed by atoms with Crippen molar-refractivity contribution in [3.63, 3.8) is 0 Å². The molecule has 0 bridgehead atoms. The molecule has 0 aromatic heterocycles. The van der Waals surface area contributed by atoms with E-state index in [1.54, 1.807) is 0 Å². The Hall–Kier alpha value is -2.50. The fraction of sp³-hybridized carbons (Fsp3) is 0.235. The highest BCUT2D eigenvalue weighted by Crippen LogP contribution is 2.31. The zero-order valence-electron chi connectivity index (χ0n) is 12.4. The number of amides is 1. The summed E-state index contributed by atoms with van der Waals surface area (Å²) < 4.78 is 42.9. The number of carbonyl (C=O) groups excluding carboxylic acids is 1. The second kappa shape index (κ2) is 7.17. The van der Waals surface area contributed by atoms with Gasteiger partial charge in [-0.1, -0.05) is 36.4 Å². The maximum Gasteiger partial charge on any atom is 0.416 e. The van der Waals surface area contributed by atoms with E-state index in [9.17, 15) is 18.0 Å². The Labute approximate surface area is 132 Å². The van der Waals surface area contributed by atoms with Gasteiger partial charge in [0.05, 0.1) is 11.6 Å². The van der Waals surface area contributed by atoms with Gasteiger partial charge in [0.25, 0.3) is 5.91 Å². The molecule has 0 spiro atoms. The van der Waals surface area contributed by atoms with Crippen LogP contribution in [0, 0.1) is 0 Å². The molecule has 0 aliphatic rings. The Morgan fingerprint density at radius 1 is 1.13 bits per heavy atom. The molecule has 1 N–H and O–H groups in total. The molecule has 1 atom stereocenters. The van der Waals surface area contributed by atoms with Crippen LogP contribution in [-0.2, 0) is 11.0 Å². The van der Waals surface area contributed by atoms with Crippen molar-refractivity contribution in [2.45, 2.75) is 19.1 Å². The minimum atomic E-state index is -4.44. The quantitative estimate of drug-likeness (QED) is 0.904. The van der Waals surface area contributed by atoms with E-state index in [0.29, 0.717) is 0 Å². The van der Waals surface area contributed by atoms with Gasteiger partial charge in [0.1, 0.15) is 5.75 Å². The summed E-state index contributed by atoms with van der Waals surface area (Å²) in [7, 11) is 0. The van der Waals surface area contributed by atoms with Crippen molar-refractivity contribution < 1.29 is 22.7 Å². The molecule has 0 saturated carbocycles. The van der Waals surface area contributed by atoms with Crippen LogP contribution in [0.25, 0.3) is 0 Å². The van der Waals surface area contributed by atoms with E-state index in [1.807, 2.05) is 37.3 Å². The van der Waals surface area contributed by atoms with Gasteiger partial charge in [0, 0.05) is 0 Å². The molecule has 0 fully saturated rings. The lowest BCUT2D eigenvalue weighted by molar-refractivity contribution is -0.137. The second-order valence-corrected chi connectivity index (χ2v) is 5.01. The van der Waals surface area contributed by atoms with Crippen molar-refractivity contribution in [3.05, 3.63) is 65.7 Å². The first-order valence-corrected chi connectivity index (χ1v) is 7.00. The van der Waals surface area contributed by atoms with Gasteiger partial charge in [-0.15, -0.1) is 0 Å². The lowest BCUT2D eigenvalue weighted by Crippen LogP contribution is -2.31. The van der Waals surface area contributed by atoms with Gasteiger partial charge in [-0.3, -0.25) is 4.79 Å². The Balaban J connectivity index is 1.90. The number of rotatable bonds is 5. The highest BCUT2D eigenvalue weighted by molar-refractivity contribution is 5.78. The van der Waals surface area contributed by atoms with Crippen molar-refractivity contribution in [2.24, 2.45) is 0 Å². The number of hydrogen-bond donors (Lipinski definition) is 1. The third-order valence-corrected chi connectivity index (χ3v) is 3.21. The van der Waals surface area contributed by atoms with E-state index in [0.717, 1.165) is 17.7 Å². The van der Waals surface area contributed by atoms with Gasteiger partial charge in [0.15, 0.2) is 6.61 Å². The molecule has 0 heterocycles. The molecule has 2 aromatic rings. The number of ether oxygens (including phenoxy) is 1. The number of alkyl halides is 3. The van der Waals surface area contributed by atoms with E-state index in [2.05, 4.69) is 5.32 Å². The van der Waals surface area contributed by atoms with Crippen molar-refractivity contribution in [3.8, 4) is 5.75 Å². The van der Waals surface area contributed by atoms with Crippen LogP contribution < -0.4 is 10.1 Å². The number of nitrogens with one attached hydrogen (secondary N) is 1. The molecular formula is C17H16F3NO2. The monoisotopic (exact) mass is 323 g/mol. The SMILES string of the molecule is C[C@@H](NC(=O)COc1cccc(C(F)(F)F)c1)c1ccccc1. The fourth-order valence-corrected chi connectivity index (χ4v) is 2.02. The van der Waals surface area contributed by atoms with Crippen molar-refractivity contribution in [1.29, 1.82) is 0 Å². The van der Waals surface area contributed by atoms with E-state index in [1.165, 1.54) is 12.1 Å². The van der Waals surface area contributed by atoms with E-state index in [-0.39, 0.29) is 18.4 Å². The number of benzene rings is 2. The van der Waals surface area contributed by atoms with Gasteiger partial charge in [-0.25, -0.2) is 0 Å². The molecule has 2 rings (SSSR count). The summed E-state index contributed by atoms with van der Waals surface area (Å²) in [4.78, 5) is 11.8. The Kier molecular flexibility index (Phi) is 5.26. The Bertz CT molecular complexity index is 656. The highest BCUT2D eigenvalue weighted by Gasteiger charge is 2.30. The molecule has 0 unspecified atom stereocenters. The van der Waals surface area contributed by atoms with Gasteiger partial charge < -0.3 is 10.1 Å². The van der Waals surface area contributed by atoms with Crippen molar-refractivity contribution >= 4 is 5.91 Å². The molecule has 0 aliphatic heterocycles. The first-order chi connectivity index (χ1) is 10.9. The number of halogens is 3. The van der Waals surface area contributed by atoms with Crippen molar-refractivity contribution in [2.75, 3.05) is 6.61 Å². The molecule has 23 heavy (non-hydrogen) atoms. The molecule has 0 saturated heterocycles. The smallest absolute Gasteiger partial charge is 0.416 e. The Morgan fingerprint density at radius 2 is 1.83 bits per heavy atom. The molecule has 3 nitrogen and oxygen atoms in total. The topological polar surface area (TPSA) is 38.3 Å². The summed E-state index contributed by atoms with van der Waals surface area (Å²) in [5, 5.41) is 2.73. The maximum atomic E-state index is 12.6. The molecule has 122 valence electrons. The van der Waals surface area contributed by atoms with Gasteiger partial charge in [-0.2, -0.15) is 13.2 Å². The van der Waals surface area contributed by atoms with Crippen LogP contribution in [0.2, 0.25) is 0 Å². The van der Waals surface area contributed by atoms with Crippen LogP contribution in [0.5, 0.6) is 5.75 Å². The highest BCUT2D eigenvalue weighted by atomic mass is 19.4. The first-order valence-electron chi connectivity index (χ1n) is 7.00. The molecule has 1 amide bonds. The lowest BCUT2D eigenvalue weighted by atomic mass is 10.1. The van der Waals surface area contributed by atoms with Gasteiger partial charge in [0.2, 0.25) is 0 Å². The maximum absolute atomic E-state index is 12.6. The van der Waals surface area contributed by atoms with Gasteiger partial charge in [-0.05, 0) is 30.7 Å². The average molecular weight is 323 g/mol. The number of carbonyl (C=O) groups is 1. The van der Waals surface area contributed by atoms with Crippen LogP contribution in [-0.4, -0.2) is 12.5 Å². The summed E-state index contributed by atoms with van der Waals surface area (Å²) in [5.41, 5.74) is 0.119. The van der Waals surface area contributed by atoms with Crippen LogP contribution in [0.1, 0.15) is 24.1 Å². The largest absolute Gasteiger partial charge is 0.484 e. The zero-order chi connectivity index (χ0) is 16.9. The standard InChI is InChI=1S/C17H16F3NO2/c1-12(13-6-3-2-4-7-13)21-16(22)11-23-15-9-5-8-14(10-15)17(18,19)20/h2-10,12H,11H2,1H3,(H,21,22)/t12-/m1/s1. The van der Waals surface area contributed by atoms with E-state index < -0.39 is 17.6 Å². The summed E-state index contributed by atoms with van der Waals surface area (Å²) >= 11 is 0. The minimum absolute atomic E-state index is 0.00217. The van der Waals surface area contributed by atoms with E-state index >= 15 is 0 Å². The molecule has 0 aliphatic carbocycles. The summed E-state index contributed by atoms with van der Waals surface area (Å²) in [5.74, 6) is -0.402. The minimum Gasteiger partial charge on any atom is -0.484 e. The summed E-state index contributed by atoms with van der Waals surface area (Å²) in [6.45, 7) is 1.47. The zero-order valence-corrected chi connectivity index (χ0v) is 12.4. The molecule has 2 aromatic carbocycles. The fourth-order valence-electron chi connectivity index (χ4n) is 2.02. The number of hydrogen-bond acceptors (Lipinski definition) is 2.